The zero-order valence-corrected chi connectivity index (χ0v) is 15.8. The van der Waals surface area contributed by atoms with Crippen LogP contribution in [0.4, 0.5) is 0 Å². The molecule has 0 fully saturated rings. The van der Waals surface area contributed by atoms with Crippen molar-refractivity contribution in [2.45, 2.75) is 12.3 Å². The van der Waals surface area contributed by atoms with E-state index in [1.807, 2.05) is 30.3 Å². The maximum absolute atomic E-state index is 12.8. The molecule has 0 aliphatic carbocycles. The van der Waals surface area contributed by atoms with Crippen LogP contribution in [0.3, 0.4) is 0 Å². The molecule has 28 heavy (non-hydrogen) atoms. The molecule has 2 heterocycles. The number of fused-ring (bicyclic) bond motifs is 2. The predicted molar refractivity (Wildman–Crippen MR) is 113 cm³/mol. The van der Waals surface area contributed by atoms with Crippen LogP contribution in [0.1, 0.15) is 22.1 Å². The quantitative estimate of drug-likeness (QED) is 0.453. The Bertz CT molecular complexity index is 1270. The number of hydrogen-bond acceptors (Lipinski definition) is 4. The van der Waals surface area contributed by atoms with E-state index in [4.69, 9.17) is 0 Å². The van der Waals surface area contributed by atoms with E-state index < -0.39 is 0 Å². The van der Waals surface area contributed by atoms with E-state index in [-0.39, 0.29) is 11.5 Å². The van der Waals surface area contributed by atoms with Crippen molar-refractivity contribution >= 4 is 27.2 Å². The molecule has 0 saturated carbocycles. The average molecular weight is 383 g/mol. The third kappa shape index (κ3) is 3.00. The molecular formula is C23H17N3OS. The van der Waals surface area contributed by atoms with E-state index in [1.165, 1.54) is 27.0 Å². The van der Waals surface area contributed by atoms with Crippen molar-refractivity contribution in [1.29, 1.82) is 0 Å². The Morgan fingerprint density at radius 2 is 1.43 bits per heavy atom. The van der Waals surface area contributed by atoms with Crippen LogP contribution >= 0.6 is 11.3 Å². The van der Waals surface area contributed by atoms with Crippen molar-refractivity contribution in [3.8, 4) is 0 Å². The first kappa shape index (κ1) is 16.8. The smallest absolute Gasteiger partial charge is 0.267 e. The lowest BCUT2D eigenvalue weighted by molar-refractivity contribution is 0.767. The number of hydrogen-bond donors (Lipinski definition) is 0. The van der Waals surface area contributed by atoms with Gasteiger partial charge < -0.3 is 0 Å². The molecule has 0 atom stereocenters. The fraction of sp³-hybridized carbons (Fsp3) is 0.0870. The van der Waals surface area contributed by atoms with Crippen LogP contribution in [-0.2, 0) is 6.42 Å². The lowest BCUT2D eigenvalue weighted by atomic mass is 9.89. The second-order valence-corrected chi connectivity index (χ2v) is 7.74. The molecule has 0 spiro atoms. The van der Waals surface area contributed by atoms with Crippen LogP contribution in [0, 0.1) is 0 Å². The molecular weight excluding hydrogens is 366 g/mol. The average Bonchev–Trinajstić information content (AvgIpc) is 3.16. The molecule has 0 aliphatic rings. The van der Waals surface area contributed by atoms with E-state index in [0.717, 1.165) is 11.4 Å². The second-order valence-electron chi connectivity index (χ2n) is 6.70. The monoisotopic (exact) mass is 383 g/mol. The summed E-state index contributed by atoms with van der Waals surface area (Å²) < 4.78 is 1.44. The third-order valence-corrected chi connectivity index (χ3v) is 5.86. The Morgan fingerprint density at radius 1 is 0.821 bits per heavy atom. The Hall–Kier alpha value is -3.31. The Morgan fingerprint density at radius 3 is 2.11 bits per heavy atom. The molecule has 5 rings (SSSR count). The van der Waals surface area contributed by atoms with E-state index in [1.54, 1.807) is 6.07 Å². The molecule has 2 aromatic heterocycles. The van der Waals surface area contributed by atoms with Gasteiger partial charge in [-0.1, -0.05) is 84.1 Å². The molecule has 0 unspecified atom stereocenters. The van der Waals surface area contributed by atoms with E-state index in [0.29, 0.717) is 15.9 Å². The first-order valence-corrected chi connectivity index (χ1v) is 9.98. The van der Waals surface area contributed by atoms with Gasteiger partial charge in [-0.3, -0.25) is 4.79 Å². The van der Waals surface area contributed by atoms with Crippen molar-refractivity contribution < 1.29 is 0 Å². The normalized spacial score (nSPS) is 11.5. The van der Waals surface area contributed by atoms with Gasteiger partial charge in [0.05, 0.1) is 10.9 Å². The van der Waals surface area contributed by atoms with Gasteiger partial charge in [0.2, 0.25) is 4.96 Å². The Labute approximate surface area is 165 Å². The first-order chi connectivity index (χ1) is 13.8. The van der Waals surface area contributed by atoms with Crippen LogP contribution in [-0.4, -0.2) is 14.6 Å². The van der Waals surface area contributed by atoms with Crippen LogP contribution in [0.5, 0.6) is 0 Å². The van der Waals surface area contributed by atoms with Gasteiger partial charge in [-0.15, -0.1) is 0 Å². The summed E-state index contributed by atoms with van der Waals surface area (Å²) in [7, 11) is 0. The van der Waals surface area contributed by atoms with Gasteiger partial charge in [-0.2, -0.15) is 9.61 Å². The number of rotatable bonds is 4. The highest BCUT2D eigenvalue weighted by molar-refractivity contribution is 7.16. The van der Waals surface area contributed by atoms with Crippen molar-refractivity contribution in [1.82, 2.24) is 14.6 Å². The van der Waals surface area contributed by atoms with Gasteiger partial charge in [-0.05, 0) is 23.3 Å². The summed E-state index contributed by atoms with van der Waals surface area (Å²) >= 11 is 1.48. The van der Waals surface area contributed by atoms with Crippen LogP contribution in [0.25, 0.3) is 15.9 Å². The number of para-hydroxylation sites is 1. The van der Waals surface area contributed by atoms with Crippen LogP contribution in [0.15, 0.2) is 89.7 Å². The van der Waals surface area contributed by atoms with Crippen molar-refractivity contribution in [2.75, 3.05) is 0 Å². The fourth-order valence-corrected chi connectivity index (χ4v) is 4.49. The summed E-state index contributed by atoms with van der Waals surface area (Å²) in [6.45, 7) is 0. The summed E-state index contributed by atoms with van der Waals surface area (Å²) in [4.78, 5) is 18.1. The standard InChI is InChI=1S/C23H17N3OS/c27-22-18-13-7-8-14-20(18)24-23-26(22)25-21(28-23)15-19(16-9-3-1-4-10-16)17-11-5-2-6-12-17/h1-14,19H,15H2. The zero-order valence-electron chi connectivity index (χ0n) is 15.0. The minimum atomic E-state index is -0.112. The number of benzene rings is 3. The molecule has 0 aliphatic heterocycles. The molecule has 5 aromatic rings. The minimum absolute atomic E-state index is 0.112. The summed E-state index contributed by atoms with van der Waals surface area (Å²) in [5.41, 5.74) is 3.07. The fourth-order valence-electron chi connectivity index (χ4n) is 3.55. The Kier molecular flexibility index (Phi) is 4.22. The molecule has 0 bridgehead atoms. The maximum atomic E-state index is 12.8. The van der Waals surface area contributed by atoms with Crippen molar-refractivity contribution in [3.05, 3.63) is 111 Å². The van der Waals surface area contributed by atoms with Gasteiger partial charge in [-0.25, -0.2) is 4.98 Å². The highest BCUT2D eigenvalue weighted by atomic mass is 32.1. The van der Waals surface area contributed by atoms with E-state index in [2.05, 4.69) is 58.6 Å². The molecule has 4 nitrogen and oxygen atoms in total. The molecule has 0 amide bonds. The second kappa shape index (κ2) is 7.02. The number of nitrogens with zero attached hydrogens (tertiary/aromatic N) is 3. The van der Waals surface area contributed by atoms with Gasteiger partial charge in [0.25, 0.3) is 5.56 Å². The van der Waals surface area contributed by atoms with Crippen molar-refractivity contribution in [3.63, 3.8) is 0 Å². The SMILES string of the molecule is O=c1c2ccccc2nc2sc(CC(c3ccccc3)c3ccccc3)nn12. The van der Waals surface area contributed by atoms with E-state index >= 15 is 0 Å². The topological polar surface area (TPSA) is 47.3 Å². The summed E-state index contributed by atoms with van der Waals surface area (Å²) in [5, 5.41) is 6.11. The molecule has 0 saturated heterocycles. The molecule has 3 aromatic carbocycles. The number of aromatic nitrogens is 3. The first-order valence-electron chi connectivity index (χ1n) is 9.17. The van der Waals surface area contributed by atoms with Gasteiger partial charge in [0.15, 0.2) is 0 Å². The predicted octanol–water partition coefficient (Wildman–Crippen LogP) is 4.68. The summed E-state index contributed by atoms with van der Waals surface area (Å²) in [6, 6.07) is 28.3. The van der Waals surface area contributed by atoms with Crippen LogP contribution < -0.4 is 5.56 Å². The lowest BCUT2D eigenvalue weighted by Crippen LogP contribution is -2.15. The molecule has 0 radical (unpaired) electrons. The van der Waals surface area contributed by atoms with Gasteiger partial charge >= 0.3 is 0 Å². The molecule has 5 heteroatoms. The van der Waals surface area contributed by atoms with Gasteiger partial charge in [0, 0.05) is 12.3 Å². The molecule has 0 N–H and O–H groups in total. The largest absolute Gasteiger partial charge is 0.283 e. The maximum Gasteiger partial charge on any atom is 0.283 e. The Balaban J connectivity index is 1.61. The minimum Gasteiger partial charge on any atom is -0.267 e. The highest BCUT2D eigenvalue weighted by Gasteiger charge is 2.18. The highest BCUT2D eigenvalue weighted by Crippen LogP contribution is 2.29. The molecule has 136 valence electrons. The lowest BCUT2D eigenvalue weighted by Gasteiger charge is -2.16. The van der Waals surface area contributed by atoms with Crippen molar-refractivity contribution in [2.24, 2.45) is 0 Å². The summed E-state index contributed by atoms with van der Waals surface area (Å²) in [5.74, 6) is 0.174. The van der Waals surface area contributed by atoms with Crippen LogP contribution in [0.2, 0.25) is 0 Å². The third-order valence-electron chi connectivity index (χ3n) is 4.93. The zero-order chi connectivity index (χ0) is 18.9. The van der Waals surface area contributed by atoms with E-state index in [9.17, 15) is 4.79 Å². The summed E-state index contributed by atoms with van der Waals surface area (Å²) in [6.07, 6.45) is 0.720. The van der Waals surface area contributed by atoms with Gasteiger partial charge in [0.1, 0.15) is 5.01 Å².